The fourth-order valence-corrected chi connectivity index (χ4v) is 0.953. The van der Waals surface area contributed by atoms with Gasteiger partial charge in [0.2, 0.25) is 5.67 Å². The molecule has 1 nitrogen and oxygen atoms in total. The zero-order valence-corrected chi connectivity index (χ0v) is 7.27. The Morgan fingerprint density at radius 2 is 1.92 bits per heavy atom. The Bertz CT molecular complexity index is 310. The van der Waals surface area contributed by atoms with Gasteiger partial charge in [-0.05, 0) is 19.1 Å². The van der Waals surface area contributed by atoms with Crippen LogP contribution in [0.1, 0.15) is 12.5 Å². The summed E-state index contributed by atoms with van der Waals surface area (Å²) in [6.45, 7) is 1.22. The molecule has 1 atom stereocenters. The molecule has 0 N–H and O–H groups in total. The molecule has 0 amide bonds. The van der Waals surface area contributed by atoms with Crippen LogP contribution in [-0.4, -0.2) is 0 Å². The van der Waals surface area contributed by atoms with Gasteiger partial charge in [-0.1, -0.05) is 23.7 Å². The SMILES string of the molecule is CC(F)(C#N)c1ccc(Cl)cc1. The molecule has 0 aliphatic heterocycles. The third kappa shape index (κ3) is 1.75. The van der Waals surface area contributed by atoms with E-state index in [-0.39, 0.29) is 0 Å². The second-order valence-electron chi connectivity index (χ2n) is 2.62. The predicted octanol–water partition coefficient (Wildman–Crippen LogP) is 3.05. The summed E-state index contributed by atoms with van der Waals surface area (Å²) >= 11 is 5.60. The minimum absolute atomic E-state index is 0.328. The summed E-state index contributed by atoms with van der Waals surface area (Å²) in [5.74, 6) is 0. The van der Waals surface area contributed by atoms with Crippen LogP contribution in [0.25, 0.3) is 0 Å². The highest BCUT2D eigenvalue weighted by Crippen LogP contribution is 2.25. The smallest absolute Gasteiger partial charge is 0.218 e. The molecule has 0 fully saturated rings. The molecule has 0 saturated heterocycles. The van der Waals surface area contributed by atoms with Crippen LogP contribution in [0.2, 0.25) is 5.02 Å². The molecule has 1 aromatic rings. The molecule has 0 aliphatic rings. The molecule has 0 saturated carbocycles. The van der Waals surface area contributed by atoms with Crippen LogP contribution in [0.4, 0.5) is 4.39 Å². The van der Waals surface area contributed by atoms with Crippen molar-refractivity contribution in [3.63, 3.8) is 0 Å². The van der Waals surface area contributed by atoms with Gasteiger partial charge in [-0.3, -0.25) is 0 Å². The third-order valence-electron chi connectivity index (χ3n) is 1.60. The molecular weight excluding hydrogens is 177 g/mol. The average Bonchev–Trinajstić information content (AvgIpc) is 2.05. The Hall–Kier alpha value is -1.07. The molecule has 62 valence electrons. The molecule has 0 bridgehead atoms. The predicted molar refractivity (Wildman–Crippen MR) is 45.5 cm³/mol. The zero-order chi connectivity index (χ0) is 9.19. The van der Waals surface area contributed by atoms with Crippen molar-refractivity contribution < 1.29 is 4.39 Å². The zero-order valence-electron chi connectivity index (χ0n) is 6.51. The molecule has 0 aliphatic carbocycles. The molecule has 1 unspecified atom stereocenters. The minimum Gasteiger partial charge on any atom is -0.222 e. The highest BCUT2D eigenvalue weighted by Gasteiger charge is 2.24. The monoisotopic (exact) mass is 183 g/mol. The number of nitriles is 1. The summed E-state index contributed by atoms with van der Waals surface area (Å²) < 4.78 is 13.3. The van der Waals surface area contributed by atoms with Crippen LogP contribution in [0.3, 0.4) is 0 Å². The van der Waals surface area contributed by atoms with E-state index in [2.05, 4.69) is 0 Å². The van der Waals surface area contributed by atoms with Crippen LogP contribution in [0, 0.1) is 11.3 Å². The number of rotatable bonds is 1. The number of hydrogen-bond donors (Lipinski definition) is 0. The summed E-state index contributed by atoms with van der Waals surface area (Å²) in [5.41, 5.74) is -1.60. The van der Waals surface area contributed by atoms with Crippen molar-refractivity contribution in [3.05, 3.63) is 34.9 Å². The van der Waals surface area contributed by atoms with Crippen LogP contribution >= 0.6 is 11.6 Å². The lowest BCUT2D eigenvalue weighted by Crippen LogP contribution is -2.11. The third-order valence-corrected chi connectivity index (χ3v) is 1.85. The van der Waals surface area contributed by atoms with E-state index in [1.807, 2.05) is 0 Å². The van der Waals surface area contributed by atoms with Crippen molar-refractivity contribution in [2.75, 3.05) is 0 Å². The molecule has 0 heterocycles. The Labute approximate surface area is 75.4 Å². The molecule has 0 spiro atoms. The topological polar surface area (TPSA) is 23.8 Å². The number of alkyl halides is 1. The van der Waals surface area contributed by atoms with Crippen molar-refractivity contribution in [3.8, 4) is 6.07 Å². The number of benzene rings is 1. The lowest BCUT2D eigenvalue weighted by atomic mass is 10.0. The number of halogens is 2. The largest absolute Gasteiger partial charge is 0.222 e. The van der Waals surface area contributed by atoms with Crippen LogP contribution < -0.4 is 0 Å². The lowest BCUT2D eigenvalue weighted by molar-refractivity contribution is 0.274. The van der Waals surface area contributed by atoms with Crippen LogP contribution in [-0.2, 0) is 5.67 Å². The van der Waals surface area contributed by atoms with Gasteiger partial charge < -0.3 is 0 Å². The summed E-state index contributed by atoms with van der Waals surface area (Å²) in [5, 5.41) is 8.99. The molecular formula is C9H7ClFN. The summed E-state index contributed by atoms with van der Waals surface area (Å²) in [7, 11) is 0. The quantitative estimate of drug-likeness (QED) is 0.657. The maximum Gasteiger partial charge on any atom is 0.218 e. The molecule has 0 radical (unpaired) electrons. The van der Waals surface area contributed by atoms with Gasteiger partial charge in [0.25, 0.3) is 0 Å². The normalized spacial score (nSPS) is 14.8. The fraction of sp³-hybridized carbons (Fsp3) is 0.222. The van der Waals surface area contributed by atoms with Gasteiger partial charge in [0.15, 0.2) is 0 Å². The first-order valence-electron chi connectivity index (χ1n) is 3.42. The van der Waals surface area contributed by atoms with E-state index in [1.165, 1.54) is 19.1 Å². The van der Waals surface area contributed by atoms with E-state index >= 15 is 0 Å². The van der Waals surface area contributed by atoms with Crippen molar-refractivity contribution in [2.45, 2.75) is 12.6 Å². The first-order valence-corrected chi connectivity index (χ1v) is 3.80. The van der Waals surface area contributed by atoms with Gasteiger partial charge in [-0.25, -0.2) is 4.39 Å². The van der Waals surface area contributed by atoms with Crippen LogP contribution in [0.15, 0.2) is 24.3 Å². The average molecular weight is 184 g/mol. The van der Waals surface area contributed by atoms with E-state index < -0.39 is 5.67 Å². The Balaban J connectivity index is 3.07. The van der Waals surface area contributed by atoms with Crippen molar-refractivity contribution in [2.24, 2.45) is 0 Å². The van der Waals surface area contributed by atoms with Gasteiger partial charge in [-0.2, -0.15) is 5.26 Å². The van der Waals surface area contributed by atoms with Crippen molar-refractivity contribution >= 4 is 11.6 Å². The molecule has 1 aromatic carbocycles. The lowest BCUT2D eigenvalue weighted by Gasteiger charge is -2.10. The van der Waals surface area contributed by atoms with Crippen molar-refractivity contribution in [1.29, 1.82) is 5.26 Å². The maximum absolute atomic E-state index is 13.3. The summed E-state index contributed by atoms with van der Waals surface area (Å²) in [6, 6.07) is 7.70. The van der Waals surface area contributed by atoms with E-state index in [1.54, 1.807) is 18.2 Å². The van der Waals surface area contributed by atoms with E-state index in [0.717, 1.165) is 0 Å². The van der Waals surface area contributed by atoms with E-state index in [0.29, 0.717) is 10.6 Å². The molecule has 12 heavy (non-hydrogen) atoms. The number of nitrogens with zero attached hydrogens (tertiary/aromatic N) is 1. The maximum atomic E-state index is 13.3. The minimum atomic E-state index is -1.93. The van der Waals surface area contributed by atoms with Gasteiger partial charge in [0.05, 0.1) is 0 Å². The standard InChI is InChI=1S/C9H7ClFN/c1-9(11,6-12)7-2-4-8(10)5-3-7/h2-5H,1H3. The van der Waals surface area contributed by atoms with Crippen molar-refractivity contribution in [1.82, 2.24) is 0 Å². The molecule has 3 heteroatoms. The van der Waals surface area contributed by atoms with Crippen LogP contribution in [0.5, 0.6) is 0 Å². The Morgan fingerprint density at radius 1 is 1.42 bits per heavy atom. The van der Waals surface area contributed by atoms with Gasteiger partial charge in [0, 0.05) is 10.6 Å². The second kappa shape index (κ2) is 3.12. The summed E-state index contributed by atoms with van der Waals surface area (Å²) in [4.78, 5) is 0. The number of hydrogen-bond acceptors (Lipinski definition) is 1. The Morgan fingerprint density at radius 3 is 2.33 bits per heavy atom. The molecule has 0 aromatic heterocycles. The highest BCUT2D eigenvalue weighted by atomic mass is 35.5. The fourth-order valence-electron chi connectivity index (χ4n) is 0.827. The second-order valence-corrected chi connectivity index (χ2v) is 3.06. The van der Waals surface area contributed by atoms with Gasteiger partial charge >= 0.3 is 0 Å². The van der Waals surface area contributed by atoms with E-state index in [9.17, 15) is 4.39 Å². The van der Waals surface area contributed by atoms with Gasteiger partial charge in [0.1, 0.15) is 6.07 Å². The molecule has 1 rings (SSSR count). The van der Waals surface area contributed by atoms with Gasteiger partial charge in [-0.15, -0.1) is 0 Å². The first-order chi connectivity index (χ1) is 5.56. The first kappa shape index (κ1) is 9.02. The van der Waals surface area contributed by atoms with E-state index in [4.69, 9.17) is 16.9 Å². The highest BCUT2D eigenvalue weighted by molar-refractivity contribution is 6.30. The Kier molecular flexibility index (Phi) is 2.35. The summed E-state index contributed by atoms with van der Waals surface area (Å²) in [6.07, 6.45) is 0.